The monoisotopic (exact) mass is 254 g/mol. The van der Waals surface area contributed by atoms with Crippen molar-refractivity contribution in [3.05, 3.63) is 5.82 Å². The van der Waals surface area contributed by atoms with Gasteiger partial charge in [-0.25, -0.2) is 0 Å². The van der Waals surface area contributed by atoms with Crippen LogP contribution in [0.4, 0.5) is 5.13 Å². The van der Waals surface area contributed by atoms with Gasteiger partial charge in [0.25, 0.3) is 0 Å². The first-order valence-corrected chi connectivity index (χ1v) is 6.35. The second kappa shape index (κ2) is 5.72. The van der Waals surface area contributed by atoms with E-state index in [0.717, 1.165) is 37.2 Å². The van der Waals surface area contributed by atoms with E-state index in [0.29, 0.717) is 11.4 Å². The van der Waals surface area contributed by atoms with Crippen molar-refractivity contribution in [3.8, 4) is 0 Å². The number of carbonyl (C=O) groups is 1. The van der Waals surface area contributed by atoms with Gasteiger partial charge in [0.05, 0.1) is 0 Å². The van der Waals surface area contributed by atoms with E-state index in [1.165, 1.54) is 6.42 Å². The molecule has 0 aliphatic heterocycles. The van der Waals surface area contributed by atoms with Crippen LogP contribution in [0.1, 0.15) is 37.9 Å². The maximum atomic E-state index is 10.9. The molecule has 0 bridgehead atoms. The zero-order chi connectivity index (χ0) is 12.1. The first-order valence-electron chi connectivity index (χ1n) is 5.58. The predicted molar refractivity (Wildman–Crippen MR) is 64.9 cm³/mol. The van der Waals surface area contributed by atoms with Gasteiger partial charge in [0, 0.05) is 11.5 Å². The summed E-state index contributed by atoms with van der Waals surface area (Å²) in [7, 11) is 0. The number of rotatable bonds is 4. The highest BCUT2D eigenvalue weighted by Gasteiger charge is 2.16. The lowest BCUT2D eigenvalue weighted by molar-refractivity contribution is -0.102. The number of oxime groups is 1. The molecule has 2 N–H and O–H groups in total. The third kappa shape index (κ3) is 3.23. The van der Waals surface area contributed by atoms with Gasteiger partial charge in [-0.3, -0.25) is 4.79 Å². The van der Waals surface area contributed by atoms with Gasteiger partial charge in [-0.05, 0) is 25.7 Å². The van der Waals surface area contributed by atoms with Crippen LogP contribution in [-0.4, -0.2) is 27.5 Å². The minimum Gasteiger partial charge on any atom is -0.392 e. The maximum absolute atomic E-state index is 10.9. The van der Waals surface area contributed by atoms with Crippen LogP contribution in [0, 0.1) is 0 Å². The van der Waals surface area contributed by atoms with Crippen LogP contribution in [0.25, 0.3) is 0 Å². The average Bonchev–Trinajstić information content (AvgIpc) is 2.78. The molecule has 6 nitrogen and oxygen atoms in total. The van der Waals surface area contributed by atoms with Gasteiger partial charge < -0.3 is 10.6 Å². The quantitative estimate of drug-likeness (QED) is 0.498. The van der Waals surface area contributed by atoms with Crippen molar-refractivity contribution in [1.82, 2.24) is 9.36 Å². The second-order valence-corrected chi connectivity index (χ2v) is 4.70. The number of aromatic nitrogens is 2. The number of nitrogens with two attached hydrogens (primary N) is 1. The number of nitrogen functional groups attached to an aromatic ring is 1. The predicted octanol–water partition coefficient (Wildman–Crippen LogP) is 1.37. The molecule has 1 aromatic rings. The fourth-order valence-electron chi connectivity index (χ4n) is 1.76. The number of hydrogen-bond donors (Lipinski definition) is 1. The Morgan fingerprint density at radius 2 is 2.24 bits per heavy atom. The van der Waals surface area contributed by atoms with Crippen LogP contribution in [-0.2, 0) is 9.63 Å². The number of hydrogen-bond acceptors (Lipinski definition) is 7. The molecular formula is C10H14N4O2S. The van der Waals surface area contributed by atoms with Crippen molar-refractivity contribution in [2.75, 3.05) is 5.73 Å². The van der Waals surface area contributed by atoms with Gasteiger partial charge in [0.1, 0.15) is 6.10 Å². The molecule has 0 aromatic carbocycles. The van der Waals surface area contributed by atoms with E-state index in [1.807, 2.05) is 0 Å². The van der Waals surface area contributed by atoms with Crippen LogP contribution in [0.5, 0.6) is 0 Å². The average molecular weight is 254 g/mol. The Bertz CT molecular complexity index is 412. The molecular weight excluding hydrogens is 240 g/mol. The molecule has 1 aliphatic rings. The molecule has 0 unspecified atom stereocenters. The number of anilines is 1. The van der Waals surface area contributed by atoms with E-state index >= 15 is 0 Å². The zero-order valence-electron chi connectivity index (χ0n) is 9.33. The molecule has 1 heterocycles. The third-order valence-electron chi connectivity index (χ3n) is 2.63. The minimum absolute atomic E-state index is 0.100. The smallest absolute Gasteiger partial charge is 0.200 e. The van der Waals surface area contributed by atoms with Gasteiger partial charge in [-0.2, -0.15) is 9.36 Å². The second-order valence-electron chi connectivity index (χ2n) is 3.92. The third-order valence-corrected chi connectivity index (χ3v) is 3.18. The highest BCUT2D eigenvalue weighted by atomic mass is 32.1. The lowest BCUT2D eigenvalue weighted by atomic mass is 9.98. The zero-order valence-corrected chi connectivity index (χ0v) is 10.2. The topological polar surface area (TPSA) is 90.5 Å². The van der Waals surface area contributed by atoms with E-state index in [1.54, 1.807) is 0 Å². The van der Waals surface area contributed by atoms with Crippen molar-refractivity contribution >= 4 is 28.7 Å². The lowest BCUT2D eigenvalue weighted by Crippen LogP contribution is -2.16. The van der Waals surface area contributed by atoms with E-state index < -0.39 is 0 Å². The van der Waals surface area contributed by atoms with Crippen molar-refractivity contribution in [3.63, 3.8) is 0 Å². The highest BCUT2D eigenvalue weighted by molar-refractivity contribution is 7.09. The molecule has 2 rings (SSSR count). The Morgan fingerprint density at radius 1 is 1.47 bits per heavy atom. The molecule has 1 fully saturated rings. The summed E-state index contributed by atoms with van der Waals surface area (Å²) in [6.07, 6.45) is 6.22. The molecule has 0 saturated heterocycles. The van der Waals surface area contributed by atoms with Crippen LogP contribution in [0.15, 0.2) is 5.16 Å². The van der Waals surface area contributed by atoms with E-state index in [9.17, 15) is 4.79 Å². The standard InChI is InChI=1S/C10H14N4O2S/c11-10-12-9(14-17-10)8(6-15)13-16-7-4-2-1-3-5-7/h6-7H,1-5H2,(H2,11,12,14)/b13-8+. The van der Waals surface area contributed by atoms with Crippen LogP contribution < -0.4 is 5.73 Å². The summed E-state index contributed by atoms with van der Waals surface area (Å²) in [6, 6.07) is 0. The minimum atomic E-state index is 0.100. The van der Waals surface area contributed by atoms with Crippen LogP contribution in [0.3, 0.4) is 0 Å². The summed E-state index contributed by atoms with van der Waals surface area (Å²) in [5, 5.41) is 4.14. The molecule has 7 heteroatoms. The highest BCUT2D eigenvalue weighted by Crippen LogP contribution is 2.20. The Hall–Kier alpha value is -1.50. The molecule has 1 aliphatic carbocycles. The Labute approximate surface area is 103 Å². The number of nitrogens with zero attached hydrogens (tertiary/aromatic N) is 3. The largest absolute Gasteiger partial charge is 0.392 e. The van der Waals surface area contributed by atoms with E-state index in [4.69, 9.17) is 10.6 Å². The fourth-order valence-corrected chi connectivity index (χ4v) is 2.20. The molecule has 0 atom stereocenters. The van der Waals surface area contributed by atoms with Gasteiger partial charge in [-0.15, -0.1) is 0 Å². The van der Waals surface area contributed by atoms with Crippen LogP contribution in [0.2, 0.25) is 0 Å². The number of aldehydes is 1. The van der Waals surface area contributed by atoms with Crippen molar-refractivity contribution in [2.24, 2.45) is 5.16 Å². The van der Waals surface area contributed by atoms with Crippen molar-refractivity contribution in [2.45, 2.75) is 38.2 Å². The Morgan fingerprint density at radius 3 is 2.82 bits per heavy atom. The van der Waals surface area contributed by atoms with Crippen molar-refractivity contribution < 1.29 is 9.63 Å². The summed E-state index contributed by atoms with van der Waals surface area (Å²) < 4.78 is 3.91. The summed E-state index contributed by atoms with van der Waals surface area (Å²) in [5.41, 5.74) is 5.54. The first kappa shape index (κ1) is 12.0. The molecule has 1 aromatic heterocycles. The Balaban J connectivity index is 1.99. The summed E-state index contributed by atoms with van der Waals surface area (Å²) in [6.45, 7) is 0. The Kier molecular flexibility index (Phi) is 4.03. The van der Waals surface area contributed by atoms with Crippen LogP contribution >= 0.6 is 11.5 Å². The van der Waals surface area contributed by atoms with Gasteiger partial charge >= 0.3 is 0 Å². The van der Waals surface area contributed by atoms with E-state index in [-0.39, 0.29) is 17.6 Å². The SMILES string of the molecule is Nc1nc(/C(C=O)=N/OC2CCCCC2)ns1. The van der Waals surface area contributed by atoms with Gasteiger partial charge in [0.2, 0.25) is 0 Å². The molecule has 0 spiro atoms. The fraction of sp³-hybridized carbons (Fsp3) is 0.600. The maximum Gasteiger partial charge on any atom is 0.200 e. The lowest BCUT2D eigenvalue weighted by Gasteiger charge is -2.19. The summed E-state index contributed by atoms with van der Waals surface area (Å²) in [5.74, 6) is 0.235. The molecule has 92 valence electrons. The van der Waals surface area contributed by atoms with Gasteiger partial charge in [-0.1, -0.05) is 11.6 Å². The summed E-state index contributed by atoms with van der Waals surface area (Å²) in [4.78, 5) is 20.1. The normalized spacial score (nSPS) is 18.0. The molecule has 17 heavy (non-hydrogen) atoms. The molecule has 0 amide bonds. The number of carbonyl (C=O) groups excluding carboxylic acids is 1. The van der Waals surface area contributed by atoms with E-state index in [2.05, 4.69) is 14.5 Å². The summed E-state index contributed by atoms with van der Waals surface area (Å²) >= 11 is 1.03. The van der Waals surface area contributed by atoms with Crippen molar-refractivity contribution in [1.29, 1.82) is 0 Å². The first-order chi connectivity index (χ1) is 8.29. The molecule has 0 radical (unpaired) electrons. The van der Waals surface area contributed by atoms with Gasteiger partial charge in [0.15, 0.2) is 23.0 Å². The molecule has 1 saturated carbocycles.